The third-order valence-corrected chi connectivity index (χ3v) is 15.4. The molecule has 75 heavy (non-hydrogen) atoms. The standard InChI is InChI=1S/C66H50N8O/c1-6-22-41(23-7-1)61-67-62(42-24-8-2-9-25-42)70-65(69-61)45-38-39-53(50(40-45)66-71-63(43-26-10-3-11-27-43)68-64(72-66)44-28-12-4-13-29-44)74-52-36-20-17-33-48(52)56-59(74)55-47-32-16-19-35-51(47)73(46-30-14-5-15-31-46)58(55)57-49-34-18-21-37-54(49)75-60(56)57/h1,3-6,8,10-14,16-22,24-30,32-40,61-62,67H,2,7,9,15,23,31H2,(H,69,70). The summed E-state index contributed by atoms with van der Waals surface area (Å²) in [6.07, 6.45) is 25.7. The highest BCUT2D eigenvalue weighted by Gasteiger charge is 2.32. The number of nitrogens with one attached hydrogen (secondary N) is 2. The first kappa shape index (κ1) is 43.4. The number of benzene rings is 7. The van der Waals surface area contributed by atoms with E-state index >= 15 is 0 Å². The van der Waals surface area contributed by atoms with Gasteiger partial charge in [-0.1, -0.05) is 164 Å². The van der Waals surface area contributed by atoms with Crippen LogP contribution in [0.4, 0.5) is 0 Å². The first-order valence-corrected chi connectivity index (χ1v) is 26.2. The maximum Gasteiger partial charge on any atom is 0.166 e. The van der Waals surface area contributed by atoms with Crippen LogP contribution in [0.25, 0.3) is 111 Å². The van der Waals surface area contributed by atoms with Crippen LogP contribution in [0.15, 0.2) is 227 Å². The number of fused-ring (bicyclic) bond motifs is 12. The normalized spacial score (nSPS) is 17.8. The number of nitrogens with zero attached hydrogens (tertiary/aromatic N) is 6. The fraction of sp³-hybridized carbons (Fsp3) is 0.121. The van der Waals surface area contributed by atoms with Gasteiger partial charge < -0.3 is 18.9 Å². The van der Waals surface area contributed by atoms with Crippen molar-refractivity contribution in [1.29, 1.82) is 0 Å². The van der Waals surface area contributed by atoms with Crippen LogP contribution in [-0.2, 0) is 0 Å². The summed E-state index contributed by atoms with van der Waals surface area (Å²) in [5, 5.41) is 14.4. The molecule has 0 saturated heterocycles. The average molecular weight is 971 g/mol. The molecule has 9 nitrogen and oxygen atoms in total. The van der Waals surface area contributed by atoms with Crippen LogP contribution in [0.2, 0.25) is 0 Å². The summed E-state index contributed by atoms with van der Waals surface area (Å²) in [6.45, 7) is 0. The van der Waals surface area contributed by atoms with Crippen molar-refractivity contribution in [3.8, 4) is 39.9 Å². The van der Waals surface area contributed by atoms with E-state index in [0.717, 1.165) is 132 Å². The first-order valence-electron chi connectivity index (χ1n) is 26.2. The third kappa shape index (κ3) is 7.17. The van der Waals surface area contributed by atoms with Crippen molar-refractivity contribution in [2.24, 2.45) is 4.99 Å². The molecule has 5 heterocycles. The number of amidine groups is 1. The van der Waals surface area contributed by atoms with Gasteiger partial charge in [0.1, 0.15) is 29.3 Å². The zero-order chi connectivity index (χ0) is 49.4. The van der Waals surface area contributed by atoms with E-state index < -0.39 is 0 Å². The minimum atomic E-state index is -0.217. The third-order valence-electron chi connectivity index (χ3n) is 15.4. The van der Waals surface area contributed by atoms with Crippen molar-refractivity contribution >= 4 is 77.1 Å². The van der Waals surface area contributed by atoms with E-state index in [4.69, 9.17) is 24.4 Å². The van der Waals surface area contributed by atoms with Gasteiger partial charge in [-0.15, -0.1) is 0 Å². The van der Waals surface area contributed by atoms with Gasteiger partial charge in [0.25, 0.3) is 0 Å². The Labute approximate surface area is 433 Å². The second-order valence-electron chi connectivity index (χ2n) is 19.9. The molecule has 1 aliphatic heterocycles. The summed E-state index contributed by atoms with van der Waals surface area (Å²) < 4.78 is 12.2. The molecule has 2 unspecified atom stereocenters. The lowest BCUT2D eigenvalue weighted by Crippen LogP contribution is -2.55. The summed E-state index contributed by atoms with van der Waals surface area (Å²) in [6, 6.07) is 53.4. The maximum absolute atomic E-state index is 7.19. The lowest BCUT2D eigenvalue weighted by atomic mass is 9.98. The van der Waals surface area contributed by atoms with E-state index in [9.17, 15) is 0 Å². The number of aliphatic imine (C=N–C) groups is 1. The molecule has 4 aromatic heterocycles. The van der Waals surface area contributed by atoms with Crippen LogP contribution < -0.4 is 10.6 Å². The zero-order valence-electron chi connectivity index (χ0n) is 41.1. The molecular weight excluding hydrogens is 921 g/mol. The number of allylic oxidation sites excluding steroid dienone is 9. The number of para-hydroxylation sites is 3. The minimum Gasteiger partial charge on any atom is -0.455 e. The Morgan fingerprint density at radius 1 is 0.533 bits per heavy atom. The Balaban J connectivity index is 1.08. The Hall–Kier alpha value is -9.18. The summed E-state index contributed by atoms with van der Waals surface area (Å²) >= 11 is 0. The van der Waals surface area contributed by atoms with Crippen LogP contribution in [0, 0.1) is 0 Å². The topological polar surface area (TPSA) is 98.1 Å². The van der Waals surface area contributed by atoms with Gasteiger partial charge in [-0.05, 0) is 92.1 Å². The first-order chi connectivity index (χ1) is 37.2. The molecule has 4 aliphatic rings. The van der Waals surface area contributed by atoms with E-state index in [-0.39, 0.29) is 12.3 Å². The molecule has 360 valence electrons. The molecular formula is C66H50N8O. The fourth-order valence-corrected chi connectivity index (χ4v) is 12.0. The predicted octanol–water partition coefficient (Wildman–Crippen LogP) is 15.3. The summed E-state index contributed by atoms with van der Waals surface area (Å²) in [5.41, 5.74) is 14.3. The van der Waals surface area contributed by atoms with Crippen molar-refractivity contribution < 1.29 is 4.42 Å². The quantitative estimate of drug-likeness (QED) is 0.157. The minimum absolute atomic E-state index is 0.149. The Bertz CT molecular complexity index is 4310. The molecule has 0 bridgehead atoms. The molecule has 9 heteroatoms. The molecule has 2 atom stereocenters. The van der Waals surface area contributed by atoms with Crippen molar-refractivity contribution in [1.82, 2.24) is 34.7 Å². The second kappa shape index (κ2) is 17.8. The summed E-state index contributed by atoms with van der Waals surface area (Å²) in [4.78, 5) is 21.6. The van der Waals surface area contributed by atoms with Gasteiger partial charge >= 0.3 is 0 Å². The summed E-state index contributed by atoms with van der Waals surface area (Å²) in [5.74, 6) is 2.54. The highest BCUT2D eigenvalue weighted by Crippen LogP contribution is 2.50. The Morgan fingerprint density at radius 2 is 1.17 bits per heavy atom. The highest BCUT2D eigenvalue weighted by molar-refractivity contribution is 6.39. The lowest BCUT2D eigenvalue weighted by Gasteiger charge is -2.34. The van der Waals surface area contributed by atoms with E-state index in [1.165, 1.54) is 22.2 Å². The monoisotopic (exact) mass is 970 g/mol. The second-order valence-corrected chi connectivity index (χ2v) is 19.9. The molecule has 7 aromatic carbocycles. The Morgan fingerprint density at radius 3 is 1.88 bits per heavy atom. The molecule has 11 aromatic rings. The Kier molecular flexibility index (Phi) is 10.3. The van der Waals surface area contributed by atoms with Crippen LogP contribution in [0.5, 0.6) is 0 Å². The molecule has 2 N–H and O–H groups in total. The SMILES string of the molecule is C1=CCCC(C2N=C(c3ccc(-n4c5ccccc5c5c6oc7ccccc7c6c6c(c7ccccc7n6C6=CC=CCC6)c54)c(-c4nc(-c5ccccc5)nc(-c5ccccc5)n4)c3)NC(C3=CCCC=C3)N2)=C1. The molecule has 3 aliphatic carbocycles. The van der Waals surface area contributed by atoms with E-state index in [1.807, 2.05) is 36.4 Å². The van der Waals surface area contributed by atoms with Gasteiger partial charge in [0.05, 0.1) is 38.5 Å². The van der Waals surface area contributed by atoms with Crippen LogP contribution in [-0.4, -0.2) is 42.3 Å². The van der Waals surface area contributed by atoms with Gasteiger partial charge in [0, 0.05) is 49.5 Å². The molecule has 0 spiro atoms. The molecule has 0 radical (unpaired) electrons. The van der Waals surface area contributed by atoms with Gasteiger partial charge in [0.2, 0.25) is 0 Å². The van der Waals surface area contributed by atoms with Crippen LogP contribution in [0.1, 0.15) is 44.1 Å². The largest absolute Gasteiger partial charge is 0.455 e. The lowest BCUT2D eigenvalue weighted by molar-refractivity contribution is 0.457. The predicted molar refractivity (Wildman–Crippen MR) is 307 cm³/mol. The fourth-order valence-electron chi connectivity index (χ4n) is 12.0. The smallest absolute Gasteiger partial charge is 0.166 e. The number of aromatic nitrogens is 5. The molecule has 0 saturated carbocycles. The van der Waals surface area contributed by atoms with Crippen LogP contribution in [0.3, 0.4) is 0 Å². The zero-order valence-corrected chi connectivity index (χ0v) is 41.1. The van der Waals surface area contributed by atoms with Crippen molar-refractivity contribution in [2.75, 3.05) is 0 Å². The number of hydrogen-bond donors (Lipinski definition) is 2. The van der Waals surface area contributed by atoms with Crippen molar-refractivity contribution in [2.45, 2.75) is 50.9 Å². The average Bonchev–Trinajstić information content (AvgIpc) is 4.37. The molecule has 0 amide bonds. The van der Waals surface area contributed by atoms with Gasteiger partial charge in [0.15, 0.2) is 17.5 Å². The summed E-state index contributed by atoms with van der Waals surface area (Å²) in [7, 11) is 0. The molecule has 15 rings (SSSR count). The van der Waals surface area contributed by atoms with Crippen molar-refractivity contribution in [3.05, 3.63) is 223 Å². The number of rotatable bonds is 8. The van der Waals surface area contributed by atoms with Gasteiger partial charge in [-0.2, -0.15) is 0 Å². The van der Waals surface area contributed by atoms with Crippen LogP contribution >= 0.6 is 0 Å². The number of hydrogen-bond acceptors (Lipinski definition) is 7. The van der Waals surface area contributed by atoms with E-state index in [0.29, 0.717) is 17.5 Å². The van der Waals surface area contributed by atoms with E-state index in [2.05, 4.69) is 190 Å². The maximum atomic E-state index is 7.19. The van der Waals surface area contributed by atoms with Gasteiger partial charge in [-0.3, -0.25) is 5.32 Å². The number of furan rings is 1. The van der Waals surface area contributed by atoms with Crippen molar-refractivity contribution in [3.63, 3.8) is 0 Å². The van der Waals surface area contributed by atoms with Gasteiger partial charge in [-0.25, -0.2) is 19.9 Å². The van der Waals surface area contributed by atoms with E-state index in [1.54, 1.807) is 0 Å². The molecule has 0 fully saturated rings. The highest BCUT2D eigenvalue weighted by atomic mass is 16.3.